The topological polar surface area (TPSA) is 58.6 Å². The number of carbonyl (C=O) groups excluding carboxylic acids is 2. The van der Waals surface area contributed by atoms with Gasteiger partial charge in [-0.3, -0.25) is 4.79 Å². The van der Waals surface area contributed by atoms with Crippen molar-refractivity contribution in [1.82, 2.24) is 5.32 Å². The molecule has 4 rings (SSSR count). The standard InChI is InChI=1S/C21H22N2O3/c24-20-17(10-12-22-20)14-26-21(25)19(16-7-2-1-3-8-16)23-13-11-15-6-4-5-9-18(15)23/h1-9,17,19H,10-14H2,(H,22,24). The van der Waals surface area contributed by atoms with E-state index >= 15 is 0 Å². The second kappa shape index (κ2) is 7.20. The fraction of sp³-hybridized carbons (Fsp3) is 0.333. The van der Waals surface area contributed by atoms with Crippen molar-refractivity contribution < 1.29 is 14.3 Å². The Kier molecular flexibility index (Phi) is 4.61. The number of benzene rings is 2. The third kappa shape index (κ3) is 3.17. The zero-order chi connectivity index (χ0) is 17.9. The summed E-state index contributed by atoms with van der Waals surface area (Å²) < 4.78 is 5.60. The Balaban J connectivity index is 1.58. The number of rotatable bonds is 5. The Morgan fingerprint density at radius 2 is 1.92 bits per heavy atom. The Labute approximate surface area is 153 Å². The minimum absolute atomic E-state index is 0.0272. The molecule has 0 bridgehead atoms. The van der Waals surface area contributed by atoms with Crippen LogP contribution in [0.15, 0.2) is 54.6 Å². The van der Waals surface area contributed by atoms with Crippen molar-refractivity contribution >= 4 is 17.6 Å². The molecule has 134 valence electrons. The van der Waals surface area contributed by atoms with E-state index in [1.54, 1.807) is 0 Å². The molecule has 1 saturated heterocycles. The summed E-state index contributed by atoms with van der Waals surface area (Å²) in [5.74, 6) is -0.561. The zero-order valence-corrected chi connectivity index (χ0v) is 14.6. The summed E-state index contributed by atoms with van der Waals surface area (Å²) in [6.45, 7) is 1.57. The predicted octanol–water partition coefficient (Wildman–Crippen LogP) is 2.47. The summed E-state index contributed by atoms with van der Waals surface area (Å²) in [6, 6.07) is 17.4. The average Bonchev–Trinajstić information content (AvgIpc) is 3.28. The summed E-state index contributed by atoms with van der Waals surface area (Å²) in [5, 5.41) is 2.78. The molecule has 2 aromatic carbocycles. The molecule has 2 atom stereocenters. The van der Waals surface area contributed by atoms with E-state index < -0.39 is 6.04 Å². The molecule has 2 aromatic rings. The lowest BCUT2D eigenvalue weighted by Crippen LogP contribution is -2.35. The smallest absolute Gasteiger partial charge is 0.333 e. The quantitative estimate of drug-likeness (QED) is 0.842. The molecule has 5 heteroatoms. The van der Waals surface area contributed by atoms with E-state index in [1.807, 2.05) is 42.5 Å². The lowest BCUT2D eigenvalue weighted by Gasteiger charge is -2.29. The van der Waals surface area contributed by atoms with Gasteiger partial charge in [-0.05, 0) is 30.0 Å². The van der Waals surface area contributed by atoms with Crippen LogP contribution in [0.4, 0.5) is 5.69 Å². The Morgan fingerprint density at radius 1 is 1.15 bits per heavy atom. The van der Waals surface area contributed by atoms with Gasteiger partial charge in [-0.2, -0.15) is 0 Å². The van der Waals surface area contributed by atoms with Gasteiger partial charge < -0.3 is 15.0 Å². The first-order chi connectivity index (χ1) is 12.7. The lowest BCUT2D eigenvalue weighted by molar-refractivity contribution is -0.147. The number of anilines is 1. The van der Waals surface area contributed by atoms with Gasteiger partial charge in [-0.25, -0.2) is 4.79 Å². The van der Waals surface area contributed by atoms with Gasteiger partial charge in [-0.1, -0.05) is 48.5 Å². The normalized spacial score (nSPS) is 19.8. The van der Waals surface area contributed by atoms with Gasteiger partial charge >= 0.3 is 5.97 Å². The molecule has 26 heavy (non-hydrogen) atoms. The summed E-state index contributed by atoms with van der Waals surface area (Å²) in [5.41, 5.74) is 3.23. The molecule has 1 amide bonds. The van der Waals surface area contributed by atoms with Gasteiger partial charge in [0.25, 0.3) is 0 Å². The lowest BCUT2D eigenvalue weighted by atomic mass is 10.0. The van der Waals surface area contributed by atoms with Crippen LogP contribution in [-0.2, 0) is 20.7 Å². The summed E-state index contributed by atoms with van der Waals surface area (Å²) in [7, 11) is 0. The second-order valence-corrected chi connectivity index (χ2v) is 6.79. The third-order valence-corrected chi connectivity index (χ3v) is 5.16. The van der Waals surface area contributed by atoms with E-state index in [0.717, 1.165) is 24.2 Å². The molecule has 0 aliphatic carbocycles. The number of nitrogens with zero attached hydrogens (tertiary/aromatic N) is 1. The van der Waals surface area contributed by atoms with E-state index in [2.05, 4.69) is 22.3 Å². The maximum atomic E-state index is 13.0. The largest absolute Gasteiger partial charge is 0.463 e. The monoisotopic (exact) mass is 350 g/mol. The summed E-state index contributed by atoms with van der Waals surface area (Å²) in [6.07, 6.45) is 1.63. The molecule has 0 radical (unpaired) electrons. The first-order valence-corrected chi connectivity index (χ1v) is 9.08. The molecule has 2 unspecified atom stereocenters. The van der Waals surface area contributed by atoms with Gasteiger partial charge in [0, 0.05) is 18.8 Å². The van der Waals surface area contributed by atoms with Crippen molar-refractivity contribution in [3.05, 3.63) is 65.7 Å². The number of para-hydroxylation sites is 1. The number of hydrogen-bond donors (Lipinski definition) is 1. The highest BCUT2D eigenvalue weighted by molar-refractivity contribution is 5.84. The van der Waals surface area contributed by atoms with Gasteiger partial charge in [0.05, 0.1) is 5.92 Å². The molecule has 2 aliphatic heterocycles. The van der Waals surface area contributed by atoms with Crippen molar-refractivity contribution in [2.75, 3.05) is 24.6 Å². The molecular formula is C21H22N2O3. The molecule has 2 heterocycles. The Bertz CT molecular complexity index is 806. The fourth-order valence-corrected chi connectivity index (χ4v) is 3.78. The highest BCUT2D eigenvalue weighted by atomic mass is 16.5. The molecule has 0 spiro atoms. The van der Waals surface area contributed by atoms with Gasteiger partial charge in [-0.15, -0.1) is 0 Å². The van der Waals surface area contributed by atoms with E-state index in [-0.39, 0.29) is 24.4 Å². The van der Waals surface area contributed by atoms with Crippen LogP contribution in [0, 0.1) is 5.92 Å². The van der Waals surface area contributed by atoms with Crippen LogP contribution in [0.25, 0.3) is 0 Å². The maximum absolute atomic E-state index is 13.0. The van der Waals surface area contributed by atoms with Crippen LogP contribution in [-0.4, -0.2) is 31.6 Å². The summed E-state index contributed by atoms with van der Waals surface area (Å²) in [4.78, 5) is 26.9. The van der Waals surface area contributed by atoms with E-state index in [1.165, 1.54) is 5.56 Å². The van der Waals surface area contributed by atoms with Crippen LogP contribution in [0.1, 0.15) is 23.6 Å². The number of amides is 1. The van der Waals surface area contributed by atoms with Gasteiger partial charge in [0.15, 0.2) is 6.04 Å². The number of esters is 1. The van der Waals surface area contributed by atoms with Gasteiger partial charge in [0.1, 0.15) is 6.61 Å². The number of carbonyl (C=O) groups is 2. The highest BCUT2D eigenvalue weighted by Crippen LogP contribution is 2.35. The van der Waals surface area contributed by atoms with E-state index in [9.17, 15) is 9.59 Å². The van der Waals surface area contributed by atoms with Crippen LogP contribution in [0.2, 0.25) is 0 Å². The minimum atomic E-state index is -0.496. The first-order valence-electron chi connectivity index (χ1n) is 9.08. The van der Waals surface area contributed by atoms with Crippen molar-refractivity contribution in [3.63, 3.8) is 0 Å². The van der Waals surface area contributed by atoms with Crippen molar-refractivity contribution in [3.8, 4) is 0 Å². The van der Waals surface area contributed by atoms with E-state index in [0.29, 0.717) is 13.0 Å². The maximum Gasteiger partial charge on any atom is 0.333 e. The van der Waals surface area contributed by atoms with E-state index in [4.69, 9.17) is 4.74 Å². The van der Waals surface area contributed by atoms with Crippen molar-refractivity contribution in [2.45, 2.75) is 18.9 Å². The SMILES string of the molecule is O=C1NCCC1COC(=O)C(c1ccccc1)N1CCc2ccccc21. The zero-order valence-electron chi connectivity index (χ0n) is 14.6. The molecule has 5 nitrogen and oxygen atoms in total. The van der Waals surface area contributed by atoms with Crippen molar-refractivity contribution in [2.24, 2.45) is 5.92 Å². The Morgan fingerprint density at radius 3 is 2.69 bits per heavy atom. The Hall–Kier alpha value is -2.82. The minimum Gasteiger partial charge on any atom is -0.463 e. The number of nitrogens with one attached hydrogen (secondary N) is 1. The van der Waals surface area contributed by atoms with Crippen molar-refractivity contribution in [1.29, 1.82) is 0 Å². The fourth-order valence-electron chi connectivity index (χ4n) is 3.78. The first kappa shape index (κ1) is 16.6. The van der Waals surface area contributed by atoms with Gasteiger partial charge in [0.2, 0.25) is 5.91 Å². The number of ether oxygens (including phenoxy) is 1. The molecule has 2 aliphatic rings. The molecule has 1 N–H and O–H groups in total. The molecular weight excluding hydrogens is 328 g/mol. The number of hydrogen-bond acceptors (Lipinski definition) is 4. The van der Waals surface area contributed by atoms with Crippen LogP contribution >= 0.6 is 0 Å². The number of fused-ring (bicyclic) bond motifs is 1. The highest BCUT2D eigenvalue weighted by Gasteiger charge is 2.34. The molecule has 0 saturated carbocycles. The van der Waals surface area contributed by atoms with Crippen LogP contribution in [0.3, 0.4) is 0 Å². The average molecular weight is 350 g/mol. The molecule has 1 fully saturated rings. The van der Waals surface area contributed by atoms with Crippen LogP contribution < -0.4 is 10.2 Å². The summed E-state index contributed by atoms with van der Waals surface area (Å²) >= 11 is 0. The third-order valence-electron chi connectivity index (χ3n) is 5.16. The molecule has 0 aromatic heterocycles. The second-order valence-electron chi connectivity index (χ2n) is 6.79. The predicted molar refractivity (Wildman–Crippen MR) is 98.8 cm³/mol. The van der Waals surface area contributed by atoms with Crippen LogP contribution in [0.5, 0.6) is 0 Å².